The lowest BCUT2D eigenvalue weighted by molar-refractivity contribution is -0.132. The number of hydrogen-bond acceptors (Lipinski definition) is 4. The van der Waals surface area contributed by atoms with Gasteiger partial charge in [-0.25, -0.2) is 4.98 Å². The molecular formula is C17H20N2OS2. The van der Waals surface area contributed by atoms with Gasteiger partial charge in [0.15, 0.2) is 0 Å². The molecule has 0 unspecified atom stereocenters. The van der Waals surface area contributed by atoms with Gasteiger partial charge in [-0.3, -0.25) is 4.79 Å². The lowest BCUT2D eigenvalue weighted by atomic mass is 10.0. The fourth-order valence-corrected chi connectivity index (χ4v) is 4.41. The van der Waals surface area contributed by atoms with Crippen molar-refractivity contribution in [2.75, 3.05) is 18.1 Å². The maximum atomic E-state index is 12.7. The molecule has 0 spiro atoms. The molecule has 1 atom stereocenters. The number of rotatable bonds is 3. The molecule has 22 heavy (non-hydrogen) atoms. The smallest absolute Gasteiger partial charge is 0.229 e. The first kappa shape index (κ1) is 15.6. The van der Waals surface area contributed by atoms with Gasteiger partial charge in [0.05, 0.1) is 23.2 Å². The molecule has 0 aliphatic carbocycles. The van der Waals surface area contributed by atoms with Gasteiger partial charge in [0, 0.05) is 23.4 Å². The lowest BCUT2D eigenvalue weighted by Crippen LogP contribution is -2.41. The van der Waals surface area contributed by atoms with Crippen molar-refractivity contribution in [1.29, 1.82) is 0 Å². The average molecular weight is 332 g/mol. The Morgan fingerprint density at radius 2 is 2.09 bits per heavy atom. The maximum absolute atomic E-state index is 12.7. The van der Waals surface area contributed by atoms with Crippen molar-refractivity contribution in [3.05, 3.63) is 51.5 Å². The third-order valence-electron chi connectivity index (χ3n) is 3.91. The van der Waals surface area contributed by atoms with Gasteiger partial charge in [-0.05, 0) is 19.4 Å². The number of aromatic nitrogens is 1. The summed E-state index contributed by atoms with van der Waals surface area (Å²) in [4.78, 5) is 19.2. The molecule has 0 saturated carbocycles. The summed E-state index contributed by atoms with van der Waals surface area (Å²) in [7, 11) is 0. The second-order valence-electron chi connectivity index (χ2n) is 5.62. The standard InChI is InChI=1S/C17H20N2OS2/c1-12-3-5-14(6-4-12)16-11-21-8-7-19(16)17(20)9-15-10-22-13(2)18-15/h3-6,10,16H,7-9,11H2,1-2H3/t16-/m0/s1. The largest absolute Gasteiger partial charge is 0.334 e. The number of carbonyl (C=O) groups excluding carboxylic acids is 1. The molecule has 0 radical (unpaired) electrons. The van der Waals surface area contributed by atoms with Crippen LogP contribution in [0.3, 0.4) is 0 Å². The Kier molecular flexibility index (Phi) is 4.84. The van der Waals surface area contributed by atoms with Gasteiger partial charge in [-0.15, -0.1) is 11.3 Å². The number of nitrogens with zero attached hydrogens (tertiary/aromatic N) is 2. The van der Waals surface area contributed by atoms with Crippen LogP contribution < -0.4 is 0 Å². The van der Waals surface area contributed by atoms with Crippen LogP contribution in [-0.2, 0) is 11.2 Å². The van der Waals surface area contributed by atoms with E-state index in [1.807, 2.05) is 29.0 Å². The summed E-state index contributed by atoms with van der Waals surface area (Å²) in [5, 5.41) is 3.01. The van der Waals surface area contributed by atoms with Crippen molar-refractivity contribution < 1.29 is 4.79 Å². The highest BCUT2D eigenvalue weighted by Gasteiger charge is 2.28. The van der Waals surface area contributed by atoms with E-state index in [0.29, 0.717) is 6.42 Å². The first-order valence-corrected chi connectivity index (χ1v) is 9.51. The zero-order valence-electron chi connectivity index (χ0n) is 12.9. The second-order valence-corrected chi connectivity index (χ2v) is 7.84. The topological polar surface area (TPSA) is 33.2 Å². The van der Waals surface area contributed by atoms with Gasteiger partial charge in [0.25, 0.3) is 0 Å². The average Bonchev–Trinajstić information content (AvgIpc) is 2.93. The van der Waals surface area contributed by atoms with Crippen LogP contribution in [0, 0.1) is 13.8 Å². The van der Waals surface area contributed by atoms with E-state index in [1.54, 1.807) is 11.3 Å². The van der Waals surface area contributed by atoms with Gasteiger partial charge in [0.2, 0.25) is 5.91 Å². The monoisotopic (exact) mass is 332 g/mol. The highest BCUT2D eigenvalue weighted by Crippen LogP contribution is 2.30. The molecule has 5 heteroatoms. The summed E-state index contributed by atoms with van der Waals surface area (Å²) in [5.41, 5.74) is 3.39. The molecule has 116 valence electrons. The van der Waals surface area contributed by atoms with E-state index < -0.39 is 0 Å². The van der Waals surface area contributed by atoms with E-state index in [9.17, 15) is 4.79 Å². The molecule has 1 aliphatic heterocycles. The lowest BCUT2D eigenvalue weighted by Gasteiger charge is -2.35. The molecular weight excluding hydrogens is 312 g/mol. The molecule has 2 aromatic rings. The Balaban J connectivity index is 1.77. The number of aryl methyl sites for hydroxylation is 2. The van der Waals surface area contributed by atoms with Crippen molar-refractivity contribution in [2.24, 2.45) is 0 Å². The van der Waals surface area contributed by atoms with Gasteiger partial charge in [0.1, 0.15) is 0 Å². The van der Waals surface area contributed by atoms with Crippen LogP contribution in [0.15, 0.2) is 29.6 Å². The molecule has 1 aromatic carbocycles. The second kappa shape index (κ2) is 6.84. The van der Waals surface area contributed by atoms with Crippen LogP contribution in [0.4, 0.5) is 0 Å². The van der Waals surface area contributed by atoms with Crippen molar-refractivity contribution in [3.63, 3.8) is 0 Å². The predicted molar refractivity (Wildman–Crippen MR) is 93.5 cm³/mol. The molecule has 1 aliphatic rings. The maximum Gasteiger partial charge on any atom is 0.229 e. The molecule has 1 amide bonds. The van der Waals surface area contributed by atoms with Gasteiger partial charge < -0.3 is 4.90 Å². The minimum atomic E-state index is 0.187. The highest BCUT2D eigenvalue weighted by molar-refractivity contribution is 7.99. The van der Waals surface area contributed by atoms with Gasteiger partial charge in [-0.2, -0.15) is 11.8 Å². The highest BCUT2D eigenvalue weighted by atomic mass is 32.2. The SMILES string of the molecule is Cc1ccc([C@@H]2CSCCN2C(=O)Cc2csc(C)n2)cc1. The number of thiazole rings is 1. The molecule has 3 rings (SSSR count). The minimum absolute atomic E-state index is 0.187. The third-order valence-corrected chi connectivity index (χ3v) is 5.75. The molecule has 2 heterocycles. The minimum Gasteiger partial charge on any atom is -0.334 e. The zero-order chi connectivity index (χ0) is 15.5. The van der Waals surface area contributed by atoms with Crippen LogP contribution in [0.5, 0.6) is 0 Å². The van der Waals surface area contributed by atoms with Crippen LogP contribution in [-0.4, -0.2) is 33.8 Å². The van der Waals surface area contributed by atoms with E-state index in [1.165, 1.54) is 11.1 Å². The predicted octanol–water partition coefficient (Wildman–Crippen LogP) is 3.62. The normalized spacial score (nSPS) is 18.5. The first-order valence-electron chi connectivity index (χ1n) is 7.48. The molecule has 1 saturated heterocycles. The van der Waals surface area contributed by atoms with Crippen molar-refractivity contribution >= 4 is 29.0 Å². The Morgan fingerprint density at radius 3 is 2.77 bits per heavy atom. The third kappa shape index (κ3) is 3.52. The summed E-state index contributed by atoms with van der Waals surface area (Å²) in [6.45, 7) is 4.89. The van der Waals surface area contributed by atoms with Crippen LogP contribution >= 0.6 is 23.1 Å². The number of carbonyl (C=O) groups is 1. The number of benzene rings is 1. The van der Waals surface area contributed by atoms with Crippen LogP contribution in [0.25, 0.3) is 0 Å². The Morgan fingerprint density at radius 1 is 1.32 bits per heavy atom. The van der Waals surface area contributed by atoms with Crippen molar-refractivity contribution in [3.8, 4) is 0 Å². The molecule has 1 fully saturated rings. The summed E-state index contributed by atoms with van der Waals surface area (Å²) < 4.78 is 0. The first-order chi connectivity index (χ1) is 10.6. The zero-order valence-corrected chi connectivity index (χ0v) is 14.5. The van der Waals surface area contributed by atoms with Crippen molar-refractivity contribution in [1.82, 2.24) is 9.88 Å². The Hall–Kier alpha value is -1.33. The number of thioether (sulfide) groups is 1. The summed E-state index contributed by atoms with van der Waals surface area (Å²) in [5.74, 6) is 2.19. The van der Waals surface area contributed by atoms with E-state index in [0.717, 1.165) is 28.8 Å². The van der Waals surface area contributed by atoms with E-state index in [-0.39, 0.29) is 11.9 Å². The van der Waals surface area contributed by atoms with Crippen LogP contribution in [0.2, 0.25) is 0 Å². The van der Waals surface area contributed by atoms with E-state index in [2.05, 4.69) is 36.2 Å². The number of amides is 1. The van der Waals surface area contributed by atoms with Gasteiger partial charge in [-0.1, -0.05) is 29.8 Å². The quantitative estimate of drug-likeness (QED) is 0.861. The van der Waals surface area contributed by atoms with Crippen molar-refractivity contribution in [2.45, 2.75) is 26.3 Å². The summed E-state index contributed by atoms with van der Waals surface area (Å²) in [6, 6.07) is 8.74. The molecule has 1 aromatic heterocycles. The van der Waals surface area contributed by atoms with E-state index >= 15 is 0 Å². The Bertz CT molecular complexity index is 651. The summed E-state index contributed by atoms with van der Waals surface area (Å²) in [6.07, 6.45) is 0.414. The fourth-order valence-electron chi connectivity index (χ4n) is 2.71. The van der Waals surface area contributed by atoms with Gasteiger partial charge >= 0.3 is 0 Å². The van der Waals surface area contributed by atoms with E-state index in [4.69, 9.17) is 0 Å². The van der Waals surface area contributed by atoms with Crippen LogP contribution in [0.1, 0.15) is 27.9 Å². The fraction of sp³-hybridized carbons (Fsp3) is 0.412. The molecule has 0 bridgehead atoms. The Labute approximate surface area is 139 Å². The molecule has 0 N–H and O–H groups in total. The summed E-state index contributed by atoms with van der Waals surface area (Å²) >= 11 is 3.53. The number of hydrogen-bond donors (Lipinski definition) is 0. The molecule has 3 nitrogen and oxygen atoms in total.